The Morgan fingerprint density at radius 1 is 1.30 bits per heavy atom. The number of carbonyl (C=O) groups is 3. The molecule has 0 heterocycles. The van der Waals surface area contributed by atoms with Gasteiger partial charge in [0, 0.05) is 0 Å². The monoisotopic (exact) mass is 284 g/mol. The molecule has 108 valence electrons. The summed E-state index contributed by atoms with van der Waals surface area (Å²) in [5.74, 6) is -1.82. The van der Waals surface area contributed by atoms with Crippen molar-refractivity contribution < 1.29 is 28.2 Å². The molecule has 0 saturated heterocycles. The van der Waals surface area contributed by atoms with E-state index in [9.17, 15) is 18.8 Å². The number of primary amides is 1. The largest absolute Gasteiger partial charge is 0.482 e. The minimum absolute atomic E-state index is 0.276. The Labute approximate surface area is 113 Å². The summed E-state index contributed by atoms with van der Waals surface area (Å²) in [5, 5.41) is 1.77. The first-order chi connectivity index (χ1) is 9.38. The molecule has 0 aliphatic carbocycles. The molecule has 8 heteroatoms. The molecule has 3 N–H and O–H groups in total. The van der Waals surface area contributed by atoms with E-state index in [0.29, 0.717) is 0 Å². The number of benzene rings is 1. The predicted molar refractivity (Wildman–Crippen MR) is 65.2 cm³/mol. The number of imide groups is 1. The van der Waals surface area contributed by atoms with Gasteiger partial charge < -0.3 is 15.2 Å². The van der Waals surface area contributed by atoms with Crippen molar-refractivity contribution in [2.75, 3.05) is 6.61 Å². The molecule has 0 bridgehead atoms. The highest BCUT2D eigenvalue weighted by molar-refractivity contribution is 5.96. The minimum Gasteiger partial charge on any atom is -0.482 e. The van der Waals surface area contributed by atoms with Crippen molar-refractivity contribution in [1.29, 1.82) is 0 Å². The fraction of sp³-hybridized carbons (Fsp3) is 0.250. The molecule has 0 fully saturated rings. The van der Waals surface area contributed by atoms with Gasteiger partial charge in [-0.2, -0.15) is 0 Å². The third-order valence-corrected chi connectivity index (χ3v) is 2.09. The maximum absolute atomic E-state index is 12.6. The lowest BCUT2D eigenvalue weighted by molar-refractivity contribution is -0.156. The van der Waals surface area contributed by atoms with E-state index in [1.807, 2.05) is 0 Å². The number of amides is 3. The zero-order chi connectivity index (χ0) is 15.1. The van der Waals surface area contributed by atoms with Gasteiger partial charge >= 0.3 is 12.0 Å². The van der Waals surface area contributed by atoms with Crippen molar-refractivity contribution in [3.05, 3.63) is 30.1 Å². The van der Waals surface area contributed by atoms with Crippen LogP contribution in [-0.2, 0) is 14.3 Å². The molecule has 1 aromatic carbocycles. The van der Waals surface area contributed by atoms with Crippen LogP contribution in [0.1, 0.15) is 6.92 Å². The number of nitrogens with one attached hydrogen (secondary N) is 1. The number of rotatable bonds is 5. The molecule has 0 spiro atoms. The Kier molecular flexibility index (Phi) is 5.45. The van der Waals surface area contributed by atoms with Crippen LogP contribution in [0.5, 0.6) is 5.75 Å². The van der Waals surface area contributed by atoms with Crippen LogP contribution < -0.4 is 15.8 Å². The quantitative estimate of drug-likeness (QED) is 0.758. The zero-order valence-electron chi connectivity index (χ0n) is 10.6. The van der Waals surface area contributed by atoms with Gasteiger partial charge in [0.1, 0.15) is 11.6 Å². The molecule has 1 aromatic rings. The highest BCUT2D eigenvalue weighted by Crippen LogP contribution is 2.10. The maximum atomic E-state index is 12.6. The normalized spacial score (nSPS) is 11.3. The van der Waals surface area contributed by atoms with Gasteiger partial charge in [-0.3, -0.25) is 10.1 Å². The van der Waals surface area contributed by atoms with E-state index in [0.717, 1.165) is 0 Å². The highest BCUT2D eigenvalue weighted by atomic mass is 19.1. The molecule has 0 aliphatic rings. The van der Waals surface area contributed by atoms with Crippen LogP contribution in [0.2, 0.25) is 0 Å². The number of urea groups is 1. The third kappa shape index (κ3) is 5.34. The topological polar surface area (TPSA) is 108 Å². The van der Waals surface area contributed by atoms with Gasteiger partial charge in [0.05, 0.1) is 0 Å². The molecule has 0 aromatic heterocycles. The van der Waals surface area contributed by atoms with Crippen molar-refractivity contribution in [1.82, 2.24) is 5.32 Å². The first-order valence-corrected chi connectivity index (χ1v) is 5.56. The molecule has 20 heavy (non-hydrogen) atoms. The number of esters is 1. The van der Waals surface area contributed by atoms with E-state index in [1.165, 1.54) is 31.2 Å². The standard InChI is InChI=1S/C12H13FN2O5/c1-7(11(17)15-12(14)18)20-10(16)6-19-9-4-2-8(13)3-5-9/h2-5,7H,6H2,1H3,(H3,14,15,17,18)/t7-/m1/s1. The molecule has 3 amide bonds. The summed E-state index contributed by atoms with van der Waals surface area (Å²) in [6.07, 6.45) is -1.19. The van der Waals surface area contributed by atoms with E-state index in [1.54, 1.807) is 5.32 Å². The molecule has 1 atom stereocenters. The summed E-state index contributed by atoms with van der Waals surface area (Å²) in [4.78, 5) is 33.0. The van der Waals surface area contributed by atoms with Gasteiger partial charge in [0.15, 0.2) is 12.7 Å². The smallest absolute Gasteiger partial charge is 0.344 e. The molecule has 1 rings (SSSR count). The molecule has 0 unspecified atom stereocenters. The predicted octanol–water partition coefficient (Wildman–Crippen LogP) is 0.331. The average Bonchev–Trinajstić information content (AvgIpc) is 2.37. The number of nitrogens with two attached hydrogens (primary N) is 1. The highest BCUT2D eigenvalue weighted by Gasteiger charge is 2.19. The van der Waals surface area contributed by atoms with Crippen LogP contribution in [0.4, 0.5) is 9.18 Å². The molecular formula is C12H13FN2O5. The van der Waals surface area contributed by atoms with Gasteiger partial charge in [0.25, 0.3) is 5.91 Å². The van der Waals surface area contributed by atoms with E-state index in [2.05, 4.69) is 0 Å². The van der Waals surface area contributed by atoms with Gasteiger partial charge in [-0.25, -0.2) is 14.0 Å². The Balaban J connectivity index is 2.38. The van der Waals surface area contributed by atoms with Gasteiger partial charge in [0.2, 0.25) is 0 Å². The zero-order valence-corrected chi connectivity index (χ0v) is 10.6. The van der Waals surface area contributed by atoms with Crippen molar-refractivity contribution in [3.8, 4) is 5.75 Å². The summed E-state index contributed by atoms with van der Waals surface area (Å²) in [6.45, 7) is 0.813. The molecule has 0 aliphatic heterocycles. The summed E-state index contributed by atoms with van der Waals surface area (Å²) < 4.78 is 22.3. The Morgan fingerprint density at radius 3 is 2.45 bits per heavy atom. The summed E-state index contributed by atoms with van der Waals surface area (Å²) in [5.41, 5.74) is 4.74. The van der Waals surface area contributed by atoms with E-state index >= 15 is 0 Å². The van der Waals surface area contributed by atoms with Crippen molar-refractivity contribution in [3.63, 3.8) is 0 Å². The first kappa shape index (κ1) is 15.4. The summed E-state index contributed by atoms with van der Waals surface area (Å²) >= 11 is 0. The average molecular weight is 284 g/mol. The van der Waals surface area contributed by atoms with E-state index in [4.69, 9.17) is 15.2 Å². The SMILES string of the molecule is C[C@@H](OC(=O)COc1ccc(F)cc1)C(=O)NC(N)=O. The van der Waals surface area contributed by atoms with E-state index in [-0.39, 0.29) is 5.75 Å². The lowest BCUT2D eigenvalue weighted by Crippen LogP contribution is -2.42. The second-order valence-electron chi connectivity index (χ2n) is 3.73. The van der Waals surface area contributed by atoms with Crippen LogP contribution >= 0.6 is 0 Å². The minimum atomic E-state index is -1.19. The van der Waals surface area contributed by atoms with Gasteiger partial charge in [-0.05, 0) is 31.2 Å². The number of carbonyl (C=O) groups excluding carboxylic acids is 3. The Hall–Kier alpha value is -2.64. The Bertz CT molecular complexity index is 503. The van der Waals surface area contributed by atoms with Crippen LogP contribution in [0.15, 0.2) is 24.3 Å². The van der Waals surface area contributed by atoms with Crippen molar-refractivity contribution in [2.24, 2.45) is 5.73 Å². The third-order valence-electron chi connectivity index (χ3n) is 2.09. The Morgan fingerprint density at radius 2 is 1.90 bits per heavy atom. The van der Waals surface area contributed by atoms with Gasteiger partial charge in [-0.15, -0.1) is 0 Å². The molecule has 0 radical (unpaired) electrons. The van der Waals surface area contributed by atoms with Crippen LogP contribution in [0.25, 0.3) is 0 Å². The second kappa shape index (κ2) is 7.07. The van der Waals surface area contributed by atoms with Crippen LogP contribution in [0.3, 0.4) is 0 Å². The van der Waals surface area contributed by atoms with Gasteiger partial charge in [-0.1, -0.05) is 0 Å². The maximum Gasteiger partial charge on any atom is 0.344 e. The first-order valence-electron chi connectivity index (χ1n) is 5.56. The lowest BCUT2D eigenvalue weighted by atomic mass is 10.3. The number of ether oxygens (including phenoxy) is 2. The number of hydrogen-bond acceptors (Lipinski definition) is 5. The number of hydrogen-bond donors (Lipinski definition) is 2. The summed E-state index contributed by atoms with van der Waals surface area (Å²) in [7, 11) is 0. The second-order valence-corrected chi connectivity index (χ2v) is 3.73. The molecule has 7 nitrogen and oxygen atoms in total. The fourth-order valence-corrected chi connectivity index (χ4v) is 1.18. The number of halogens is 1. The van der Waals surface area contributed by atoms with Crippen molar-refractivity contribution >= 4 is 17.9 Å². The van der Waals surface area contributed by atoms with Crippen LogP contribution in [-0.4, -0.2) is 30.6 Å². The molecule has 0 saturated carbocycles. The van der Waals surface area contributed by atoms with Crippen LogP contribution in [0, 0.1) is 5.82 Å². The lowest BCUT2D eigenvalue weighted by Gasteiger charge is -2.12. The van der Waals surface area contributed by atoms with E-state index < -0.39 is 36.4 Å². The molecular weight excluding hydrogens is 271 g/mol. The fourth-order valence-electron chi connectivity index (χ4n) is 1.18. The summed E-state index contributed by atoms with van der Waals surface area (Å²) in [6, 6.07) is 3.98. The van der Waals surface area contributed by atoms with Crippen molar-refractivity contribution in [2.45, 2.75) is 13.0 Å².